The van der Waals surface area contributed by atoms with Crippen LogP contribution < -0.4 is 4.90 Å². The maximum atomic E-state index is 9.46. The average molecular weight is 451 g/mol. The Bertz CT molecular complexity index is 1130. The maximum absolute atomic E-state index is 9.46. The highest BCUT2D eigenvalue weighted by Crippen LogP contribution is 2.38. The molecule has 0 N–H and O–H groups in total. The van der Waals surface area contributed by atoms with Crippen molar-refractivity contribution in [3.63, 3.8) is 0 Å². The summed E-state index contributed by atoms with van der Waals surface area (Å²) in [6, 6.07) is 9.01. The number of benzene rings is 1. The molecule has 4 rings (SSSR count). The molecule has 3 aromatic rings. The van der Waals surface area contributed by atoms with Gasteiger partial charge >= 0.3 is 0 Å². The Kier molecular flexibility index (Phi) is 5.16. The van der Waals surface area contributed by atoms with Gasteiger partial charge in [0.2, 0.25) is 0 Å². The number of halogens is 1. The first-order chi connectivity index (χ1) is 13.8. The van der Waals surface area contributed by atoms with Crippen LogP contribution in [-0.4, -0.2) is 22.6 Å². The molecule has 0 aliphatic carbocycles. The Morgan fingerprint density at radius 3 is 2.45 bits per heavy atom. The van der Waals surface area contributed by atoms with Crippen molar-refractivity contribution in [2.75, 3.05) is 18.0 Å². The third kappa shape index (κ3) is 3.34. The molecule has 0 bridgehead atoms. The monoisotopic (exact) mass is 450 g/mol. The molecule has 5 heteroatoms. The number of hydrogen-bond acceptors (Lipinski definition) is 3. The van der Waals surface area contributed by atoms with E-state index in [4.69, 9.17) is 4.98 Å². The zero-order valence-corrected chi connectivity index (χ0v) is 19.4. The molecule has 0 saturated carbocycles. The van der Waals surface area contributed by atoms with E-state index in [2.05, 4.69) is 84.3 Å². The lowest BCUT2D eigenvalue weighted by atomic mass is 9.98. The molecule has 1 fully saturated rings. The molecular weight excluding hydrogens is 424 g/mol. The molecule has 1 atom stereocenters. The van der Waals surface area contributed by atoms with Gasteiger partial charge in [-0.3, -0.25) is 4.57 Å². The summed E-state index contributed by atoms with van der Waals surface area (Å²) in [5.41, 5.74) is 9.40. The Morgan fingerprint density at radius 1 is 1.10 bits per heavy atom. The molecule has 4 nitrogen and oxygen atoms in total. The third-order valence-corrected chi connectivity index (χ3v) is 6.65. The van der Waals surface area contributed by atoms with Crippen molar-refractivity contribution < 1.29 is 0 Å². The molecule has 3 heterocycles. The highest BCUT2D eigenvalue weighted by molar-refractivity contribution is 9.10. The summed E-state index contributed by atoms with van der Waals surface area (Å²) >= 11 is 3.62. The minimum Gasteiger partial charge on any atom is -0.370 e. The van der Waals surface area contributed by atoms with Crippen molar-refractivity contribution in [3.8, 4) is 11.8 Å². The molecule has 150 valence electrons. The van der Waals surface area contributed by atoms with E-state index in [1.165, 1.54) is 39.1 Å². The number of anilines is 1. The number of fused-ring (bicyclic) bond motifs is 1. The van der Waals surface area contributed by atoms with Gasteiger partial charge in [0.05, 0.1) is 17.7 Å². The van der Waals surface area contributed by atoms with Gasteiger partial charge in [-0.05, 0) is 82.3 Å². The quantitative estimate of drug-likeness (QED) is 0.475. The summed E-state index contributed by atoms with van der Waals surface area (Å²) in [6.45, 7) is 12.6. The number of nitriles is 1. The highest BCUT2D eigenvalue weighted by atomic mass is 79.9. The SMILES string of the molecule is Cc1cc(N2CCCC(C#N)C2)c2c(C)c(C)n(-c3c(C)cc(Br)cc3C)c2n1. The van der Waals surface area contributed by atoms with E-state index >= 15 is 0 Å². The molecule has 0 amide bonds. The fourth-order valence-corrected chi connectivity index (χ4v) is 5.44. The summed E-state index contributed by atoms with van der Waals surface area (Å²) in [6.07, 6.45) is 2.06. The summed E-state index contributed by atoms with van der Waals surface area (Å²) < 4.78 is 3.42. The molecule has 2 aromatic heterocycles. The average Bonchev–Trinajstić information content (AvgIpc) is 2.91. The Labute approximate surface area is 181 Å². The number of pyridine rings is 1. The lowest BCUT2D eigenvalue weighted by Gasteiger charge is -2.32. The van der Waals surface area contributed by atoms with Crippen LogP contribution in [0.15, 0.2) is 22.7 Å². The van der Waals surface area contributed by atoms with Crippen molar-refractivity contribution in [2.45, 2.75) is 47.5 Å². The van der Waals surface area contributed by atoms with Crippen LogP contribution >= 0.6 is 15.9 Å². The maximum Gasteiger partial charge on any atom is 0.147 e. The lowest BCUT2D eigenvalue weighted by molar-refractivity contribution is 0.494. The molecule has 1 aromatic carbocycles. The summed E-state index contributed by atoms with van der Waals surface area (Å²) in [5.74, 6) is 0.103. The minimum atomic E-state index is 0.103. The fourth-order valence-electron chi connectivity index (χ4n) is 4.75. The van der Waals surface area contributed by atoms with Gasteiger partial charge in [-0.2, -0.15) is 5.26 Å². The highest BCUT2D eigenvalue weighted by Gasteiger charge is 2.25. The molecule has 29 heavy (non-hydrogen) atoms. The largest absolute Gasteiger partial charge is 0.370 e. The second-order valence-corrected chi connectivity index (χ2v) is 9.25. The zero-order chi connectivity index (χ0) is 20.9. The van der Waals surface area contributed by atoms with E-state index in [0.717, 1.165) is 41.7 Å². The fraction of sp³-hybridized carbons (Fsp3) is 0.417. The number of rotatable bonds is 2. The molecule has 0 radical (unpaired) electrons. The number of nitrogens with zero attached hydrogens (tertiary/aromatic N) is 4. The van der Waals surface area contributed by atoms with Crippen molar-refractivity contribution >= 4 is 32.7 Å². The van der Waals surface area contributed by atoms with E-state index in [-0.39, 0.29) is 5.92 Å². The van der Waals surface area contributed by atoms with E-state index in [1.807, 2.05) is 0 Å². The van der Waals surface area contributed by atoms with Crippen molar-refractivity contribution in [1.29, 1.82) is 5.26 Å². The summed E-state index contributed by atoms with van der Waals surface area (Å²) in [7, 11) is 0. The number of hydrogen-bond donors (Lipinski definition) is 0. The second kappa shape index (κ2) is 7.50. The second-order valence-electron chi connectivity index (χ2n) is 8.33. The van der Waals surface area contributed by atoms with Crippen LogP contribution in [0.1, 0.15) is 40.9 Å². The smallest absolute Gasteiger partial charge is 0.147 e. The molecule has 0 spiro atoms. The number of piperidine rings is 1. The van der Waals surface area contributed by atoms with Crippen molar-refractivity contribution in [3.05, 3.63) is 50.8 Å². The Morgan fingerprint density at radius 2 is 1.79 bits per heavy atom. The van der Waals surface area contributed by atoms with Crippen molar-refractivity contribution in [1.82, 2.24) is 9.55 Å². The predicted octanol–water partition coefficient (Wildman–Crippen LogP) is 6.07. The summed E-state index contributed by atoms with van der Waals surface area (Å²) in [4.78, 5) is 7.39. The van der Waals surface area contributed by atoms with Crippen LogP contribution in [0, 0.1) is 51.9 Å². The third-order valence-electron chi connectivity index (χ3n) is 6.20. The first kappa shape index (κ1) is 20.0. The van der Waals surface area contributed by atoms with Gasteiger partial charge in [0.15, 0.2) is 0 Å². The van der Waals surface area contributed by atoms with E-state index < -0.39 is 0 Å². The van der Waals surface area contributed by atoms with Crippen LogP contribution in [0.25, 0.3) is 16.7 Å². The molecule has 1 aliphatic rings. The van der Waals surface area contributed by atoms with Crippen molar-refractivity contribution in [2.24, 2.45) is 5.92 Å². The van der Waals surface area contributed by atoms with E-state index in [0.29, 0.717) is 0 Å². The Balaban J connectivity index is 2.00. The van der Waals surface area contributed by atoms with Gasteiger partial charge in [-0.1, -0.05) is 15.9 Å². The first-order valence-corrected chi connectivity index (χ1v) is 11.0. The first-order valence-electron chi connectivity index (χ1n) is 10.2. The molecule has 1 saturated heterocycles. The topological polar surface area (TPSA) is 44.9 Å². The van der Waals surface area contributed by atoms with Crippen LogP contribution in [-0.2, 0) is 0 Å². The van der Waals surface area contributed by atoms with Gasteiger partial charge < -0.3 is 4.90 Å². The number of aromatic nitrogens is 2. The predicted molar refractivity (Wildman–Crippen MR) is 123 cm³/mol. The van der Waals surface area contributed by atoms with Gasteiger partial charge in [-0.15, -0.1) is 0 Å². The zero-order valence-electron chi connectivity index (χ0n) is 17.8. The standard InChI is InChI=1S/C24H27BrN4/c1-14-9-20(25)10-15(2)23(14)29-18(5)17(4)22-21(11-16(3)27-24(22)29)28-8-6-7-19(12-26)13-28/h9-11,19H,6-8,13H2,1-5H3. The van der Waals surface area contributed by atoms with Crippen LogP contribution in [0.2, 0.25) is 0 Å². The van der Waals surface area contributed by atoms with Gasteiger partial charge in [0, 0.05) is 40.0 Å². The van der Waals surface area contributed by atoms with Crippen LogP contribution in [0.4, 0.5) is 5.69 Å². The minimum absolute atomic E-state index is 0.103. The lowest BCUT2D eigenvalue weighted by Crippen LogP contribution is -2.35. The normalized spacial score (nSPS) is 17.0. The molecule has 1 unspecified atom stereocenters. The van der Waals surface area contributed by atoms with E-state index in [1.54, 1.807) is 0 Å². The number of aryl methyl sites for hydroxylation is 4. The van der Waals surface area contributed by atoms with Gasteiger partial charge in [-0.25, -0.2) is 4.98 Å². The Hall–Kier alpha value is -2.32. The van der Waals surface area contributed by atoms with E-state index in [9.17, 15) is 5.26 Å². The van der Waals surface area contributed by atoms with Gasteiger partial charge in [0.1, 0.15) is 5.65 Å². The van der Waals surface area contributed by atoms with Crippen LogP contribution in [0.3, 0.4) is 0 Å². The molecular formula is C24H27BrN4. The van der Waals surface area contributed by atoms with Crippen LogP contribution in [0.5, 0.6) is 0 Å². The summed E-state index contributed by atoms with van der Waals surface area (Å²) in [5, 5.41) is 10.7. The van der Waals surface area contributed by atoms with Gasteiger partial charge in [0.25, 0.3) is 0 Å². The molecule has 1 aliphatic heterocycles.